The molecule has 0 unspecified atom stereocenters. The number of aromatic nitrogens is 2. The number of rotatable bonds is 6. The molecule has 2 heterocycles. The zero-order valence-electron chi connectivity index (χ0n) is 18.1. The largest absolute Gasteiger partial charge is 0.416 e. The summed E-state index contributed by atoms with van der Waals surface area (Å²) in [5.74, 6) is -0.318. The Morgan fingerprint density at radius 2 is 1.82 bits per heavy atom. The number of piperazine rings is 1. The van der Waals surface area contributed by atoms with Crippen molar-refractivity contribution in [1.82, 2.24) is 15.1 Å². The molecule has 1 aromatic heterocycles. The quantitative estimate of drug-likeness (QED) is 0.472. The Labute approximate surface area is 203 Å². The molecule has 3 aromatic rings. The smallest absolute Gasteiger partial charge is 0.411 e. The summed E-state index contributed by atoms with van der Waals surface area (Å²) in [6.45, 7) is 2.85. The average molecular weight is 512 g/mol. The van der Waals surface area contributed by atoms with Gasteiger partial charge in [0, 0.05) is 36.8 Å². The van der Waals surface area contributed by atoms with Crippen molar-refractivity contribution in [1.29, 1.82) is 0 Å². The number of halogens is 4. The highest BCUT2D eigenvalue weighted by molar-refractivity contribution is 7.99. The van der Waals surface area contributed by atoms with Crippen LogP contribution >= 0.6 is 23.4 Å². The third-order valence-electron chi connectivity index (χ3n) is 5.27. The number of benzene rings is 2. The lowest BCUT2D eigenvalue weighted by atomic mass is 10.1. The van der Waals surface area contributed by atoms with Gasteiger partial charge in [-0.2, -0.15) is 13.2 Å². The molecule has 12 heteroatoms. The second-order valence-corrected chi connectivity index (χ2v) is 9.10. The highest BCUT2D eigenvalue weighted by Gasteiger charge is 2.32. The van der Waals surface area contributed by atoms with Gasteiger partial charge in [0.2, 0.25) is 11.8 Å². The standard InChI is InChI=1S/C22H21ClF3N5O2S/c1-30-8-10-31(11-9-30)18-7-4-15(22(24,25)26)12-17(18)27-19(32)13-34-21-29-28-20(33-21)14-2-5-16(23)6-3-14/h2-7,12H,8-11,13H2,1H3,(H,27,32). The molecule has 0 spiro atoms. The summed E-state index contributed by atoms with van der Waals surface area (Å²) in [5.41, 5.74) is 0.534. The fourth-order valence-electron chi connectivity index (χ4n) is 3.43. The molecule has 2 aromatic carbocycles. The summed E-state index contributed by atoms with van der Waals surface area (Å²) in [4.78, 5) is 16.7. The highest BCUT2D eigenvalue weighted by atomic mass is 35.5. The van der Waals surface area contributed by atoms with Crippen molar-refractivity contribution in [3.05, 3.63) is 53.1 Å². The van der Waals surface area contributed by atoms with E-state index in [0.717, 1.165) is 37.0 Å². The number of thioether (sulfide) groups is 1. The Hall–Kier alpha value is -2.76. The summed E-state index contributed by atoms with van der Waals surface area (Å²) in [6, 6.07) is 10.3. The molecule has 0 atom stereocenters. The minimum atomic E-state index is -4.52. The van der Waals surface area contributed by atoms with Gasteiger partial charge in [0.1, 0.15) is 0 Å². The van der Waals surface area contributed by atoms with Crippen LogP contribution in [0.15, 0.2) is 52.1 Å². The molecule has 34 heavy (non-hydrogen) atoms. The van der Waals surface area contributed by atoms with Gasteiger partial charge >= 0.3 is 6.18 Å². The molecular weight excluding hydrogens is 491 g/mol. The zero-order chi connectivity index (χ0) is 24.3. The van der Waals surface area contributed by atoms with Gasteiger partial charge < -0.3 is 19.5 Å². The predicted octanol–water partition coefficient (Wildman–Crippen LogP) is 4.89. The normalized spacial score (nSPS) is 14.9. The minimum absolute atomic E-state index is 0.110. The Kier molecular flexibility index (Phi) is 7.34. The van der Waals surface area contributed by atoms with Gasteiger partial charge in [-0.3, -0.25) is 4.79 Å². The van der Waals surface area contributed by atoms with Crippen molar-refractivity contribution >= 4 is 40.6 Å². The van der Waals surface area contributed by atoms with E-state index in [0.29, 0.717) is 29.4 Å². The van der Waals surface area contributed by atoms with Gasteiger partial charge in [-0.05, 0) is 49.5 Å². The second-order valence-electron chi connectivity index (χ2n) is 7.74. The average Bonchev–Trinajstić information content (AvgIpc) is 3.27. The van der Waals surface area contributed by atoms with Gasteiger partial charge in [-0.15, -0.1) is 10.2 Å². The first kappa shape index (κ1) is 24.4. The maximum atomic E-state index is 13.3. The van der Waals surface area contributed by atoms with Crippen LogP contribution in [0.4, 0.5) is 24.5 Å². The van der Waals surface area contributed by atoms with E-state index in [1.165, 1.54) is 6.07 Å². The van der Waals surface area contributed by atoms with Crippen LogP contribution < -0.4 is 10.2 Å². The molecule has 0 aliphatic carbocycles. The molecule has 7 nitrogen and oxygen atoms in total. The molecule has 1 aliphatic rings. The predicted molar refractivity (Wildman–Crippen MR) is 125 cm³/mol. The van der Waals surface area contributed by atoms with Crippen LogP contribution in [-0.4, -0.2) is 60.0 Å². The van der Waals surface area contributed by atoms with E-state index in [1.807, 2.05) is 11.9 Å². The van der Waals surface area contributed by atoms with Crippen LogP contribution in [0.25, 0.3) is 11.5 Å². The van der Waals surface area contributed by atoms with Gasteiger partial charge in [0.05, 0.1) is 22.7 Å². The number of carbonyl (C=O) groups excluding carboxylic acids is 1. The molecule has 1 amide bonds. The van der Waals surface area contributed by atoms with Gasteiger partial charge in [-0.1, -0.05) is 23.4 Å². The van der Waals surface area contributed by atoms with E-state index < -0.39 is 17.6 Å². The van der Waals surface area contributed by atoms with Crippen molar-refractivity contribution in [3.8, 4) is 11.5 Å². The maximum Gasteiger partial charge on any atom is 0.416 e. The third-order valence-corrected chi connectivity index (χ3v) is 6.34. The van der Waals surface area contributed by atoms with Crippen LogP contribution in [-0.2, 0) is 11.0 Å². The summed E-state index contributed by atoms with van der Waals surface area (Å²) < 4.78 is 45.4. The molecule has 4 rings (SSSR count). The zero-order valence-corrected chi connectivity index (χ0v) is 19.7. The first-order valence-corrected chi connectivity index (χ1v) is 11.7. The number of carbonyl (C=O) groups is 1. The molecule has 180 valence electrons. The molecular formula is C22H21ClF3N5O2S. The molecule has 0 radical (unpaired) electrons. The van der Waals surface area contributed by atoms with Crippen molar-refractivity contribution in [2.75, 3.05) is 49.2 Å². The first-order valence-electron chi connectivity index (χ1n) is 10.4. The van der Waals surface area contributed by atoms with Crippen LogP contribution in [0.2, 0.25) is 5.02 Å². The first-order chi connectivity index (χ1) is 16.2. The number of likely N-dealkylation sites (N-methyl/N-ethyl adjacent to an activating group) is 1. The van der Waals surface area contributed by atoms with Crippen LogP contribution in [0, 0.1) is 0 Å². The SMILES string of the molecule is CN1CCN(c2ccc(C(F)(F)F)cc2NC(=O)CSc2nnc(-c3ccc(Cl)cc3)o2)CC1. The number of hydrogen-bond donors (Lipinski definition) is 1. The Morgan fingerprint density at radius 3 is 2.50 bits per heavy atom. The van der Waals surface area contributed by atoms with Crippen LogP contribution in [0.3, 0.4) is 0 Å². The number of amides is 1. The van der Waals surface area contributed by atoms with Crippen molar-refractivity contribution in [2.24, 2.45) is 0 Å². The second kappa shape index (κ2) is 10.2. The number of alkyl halides is 3. The molecule has 0 bridgehead atoms. The molecule has 1 aliphatic heterocycles. The summed E-state index contributed by atoms with van der Waals surface area (Å²) >= 11 is 6.87. The van der Waals surface area contributed by atoms with Crippen LogP contribution in [0.1, 0.15) is 5.56 Å². The van der Waals surface area contributed by atoms with Gasteiger partial charge in [-0.25, -0.2) is 0 Å². The van der Waals surface area contributed by atoms with Crippen molar-refractivity contribution < 1.29 is 22.4 Å². The fourth-order valence-corrected chi connectivity index (χ4v) is 4.12. The summed E-state index contributed by atoms with van der Waals surface area (Å²) in [6.07, 6.45) is -4.52. The maximum absolute atomic E-state index is 13.3. The minimum Gasteiger partial charge on any atom is -0.411 e. The van der Waals surface area contributed by atoms with E-state index in [-0.39, 0.29) is 22.6 Å². The Morgan fingerprint density at radius 1 is 1.12 bits per heavy atom. The lowest BCUT2D eigenvalue weighted by Crippen LogP contribution is -2.44. The summed E-state index contributed by atoms with van der Waals surface area (Å²) in [5, 5.41) is 11.2. The van der Waals surface area contributed by atoms with E-state index in [1.54, 1.807) is 24.3 Å². The Balaban J connectivity index is 1.45. The number of nitrogens with zero attached hydrogens (tertiary/aromatic N) is 4. The molecule has 0 saturated carbocycles. The lowest BCUT2D eigenvalue weighted by molar-refractivity contribution is -0.137. The molecule has 1 saturated heterocycles. The van der Waals surface area contributed by atoms with Gasteiger partial charge in [0.25, 0.3) is 5.22 Å². The van der Waals surface area contributed by atoms with Crippen LogP contribution in [0.5, 0.6) is 0 Å². The number of hydrogen-bond acceptors (Lipinski definition) is 7. The van der Waals surface area contributed by atoms with Gasteiger partial charge in [0.15, 0.2) is 0 Å². The van der Waals surface area contributed by atoms with E-state index in [2.05, 4.69) is 20.4 Å². The fraction of sp³-hybridized carbons (Fsp3) is 0.318. The summed E-state index contributed by atoms with van der Waals surface area (Å²) in [7, 11) is 1.99. The van der Waals surface area contributed by atoms with Crippen molar-refractivity contribution in [2.45, 2.75) is 11.4 Å². The van der Waals surface area contributed by atoms with E-state index in [9.17, 15) is 18.0 Å². The number of anilines is 2. The Bertz CT molecular complexity index is 1150. The third kappa shape index (κ3) is 6.02. The lowest BCUT2D eigenvalue weighted by Gasteiger charge is -2.35. The van der Waals surface area contributed by atoms with Crippen molar-refractivity contribution in [3.63, 3.8) is 0 Å². The van der Waals surface area contributed by atoms with E-state index >= 15 is 0 Å². The monoisotopic (exact) mass is 511 g/mol. The molecule has 1 N–H and O–H groups in total. The highest BCUT2D eigenvalue weighted by Crippen LogP contribution is 2.36. The van der Waals surface area contributed by atoms with E-state index in [4.69, 9.17) is 16.0 Å². The molecule has 1 fully saturated rings. The topological polar surface area (TPSA) is 74.5 Å². The number of nitrogens with one attached hydrogen (secondary N) is 1.